The van der Waals surface area contributed by atoms with Crippen molar-refractivity contribution in [2.75, 3.05) is 6.54 Å². The molecule has 1 rings (SSSR count). The molecule has 6 N–H and O–H groups in total. The summed E-state index contributed by atoms with van der Waals surface area (Å²) >= 11 is 0. The molecule has 6 heteroatoms. The first kappa shape index (κ1) is 22.6. The van der Waals surface area contributed by atoms with Crippen LogP contribution in [0.4, 0.5) is 0 Å². The largest absolute Gasteiger partial charge is 0.480 e. The van der Waals surface area contributed by atoms with Gasteiger partial charge in [-0.1, -0.05) is 64.7 Å². The lowest BCUT2D eigenvalue weighted by Gasteiger charge is -2.02. The second-order valence-electron chi connectivity index (χ2n) is 6.20. The van der Waals surface area contributed by atoms with Crippen LogP contribution in [0.15, 0.2) is 12.5 Å². The van der Waals surface area contributed by atoms with Gasteiger partial charge in [0.15, 0.2) is 0 Å². The number of carbonyl (C=O) groups is 1. The number of hydrogen-bond acceptors (Lipinski definition) is 4. The molecule has 0 aromatic carbocycles. The number of carboxylic acid groups (broad SMARTS) is 1. The number of nitrogens with one attached hydrogen (secondary N) is 1. The minimum atomic E-state index is -1.00. The summed E-state index contributed by atoms with van der Waals surface area (Å²) in [5.74, 6) is -1.00. The first-order chi connectivity index (χ1) is 11.6. The van der Waals surface area contributed by atoms with Gasteiger partial charge in [-0.2, -0.15) is 0 Å². The van der Waals surface area contributed by atoms with Crippen LogP contribution in [0.2, 0.25) is 0 Å². The highest BCUT2D eigenvalue weighted by atomic mass is 16.4. The van der Waals surface area contributed by atoms with Crippen LogP contribution in [-0.4, -0.2) is 33.6 Å². The normalized spacial score (nSPS) is 11.6. The van der Waals surface area contributed by atoms with Crippen molar-refractivity contribution in [1.29, 1.82) is 0 Å². The minimum Gasteiger partial charge on any atom is -0.480 e. The van der Waals surface area contributed by atoms with E-state index in [0.717, 1.165) is 12.2 Å². The fraction of sp³-hybridized carbons (Fsp3) is 0.778. The van der Waals surface area contributed by atoms with E-state index in [-0.39, 0.29) is 6.42 Å². The molecule has 1 heterocycles. The quantitative estimate of drug-likeness (QED) is 0.411. The number of unbranched alkanes of at least 4 members (excludes halogenated alkanes) is 9. The number of H-pyrrole nitrogens is 1. The van der Waals surface area contributed by atoms with Gasteiger partial charge >= 0.3 is 5.97 Å². The Kier molecular flexibility index (Phi) is 15.5. The summed E-state index contributed by atoms with van der Waals surface area (Å²) < 4.78 is 0. The number of hydrogen-bond donors (Lipinski definition) is 4. The van der Waals surface area contributed by atoms with E-state index in [1.54, 1.807) is 6.20 Å². The zero-order valence-electron chi connectivity index (χ0n) is 15.2. The standard InChI is InChI=1S/C12H27N.C6H9N3O2/c1-2-3-4-5-6-7-8-9-10-11-12-13;7-5(6(10)11)1-4-2-8-3-9-4/h2-13H2,1H3;2-3,5H,1,7H2,(H,8,9)(H,10,11)/t;5-/m.0/s1. The van der Waals surface area contributed by atoms with Crippen molar-refractivity contribution in [2.45, 2.75) is 83.6 Å². The predicted octanol–water partition coefficient (Wildman–Crippen LogP) is 3.23. The van der Waals surface area contributed by atoms with E-state index in [4.69, 9.17) is 16.6 Å². The minimum absolute atomic E-state index is 0.287. The van der Waals surface area contributed by atoms with E-state index < -0.39 is 12.0 Å². The van der Waals surface area contributed by atoms with Crippen molar-refractivity contribution in [2.24, 2.45) is 11.5 Å². The average molecular weight is 341 g/mol. The van der Waals surface area contributed by atoms with Crippen LogP contribution >= 0.6 is 0 Å². The molecule has 0 saturated heterocycles. The summed E-state index contributed by atoms with van der Waals surface area (Å²) in [7, 11) is 0. The van der Waals surface area contributed by atoms with E-state index in [2.05, 4.69) is 16.9 Å². The number of aromatic amines is 1. The van der Waals surface area contributed by atoms with Gasteiger partial charge in [0.25, 0.3) is 0 Å². The zero-order valence-corrected chi connectivity index (χ0v) is 15.2. The first-order valence-corrected chi connectivity index (χ1v) is 9.27. The van der Waals surface area contributed by atoms with Crippen LogP contribution in [0.3, 0.4) is 0 Å². The van der Waals surface area contributed by atoms with Gasteiger partial charge in [0.2, 0.25) is 0 Å². The van der Waals surface area contributed by atoms with Gasteiger partial charge in [0.05, 0.1) is 6.33 Å². The summed E-state index contributed by atoms with van der Waals surface area (Å²) in [5, 5.41) is 8.42. The van der Waals surface area contributed by atoms with Gasteiger partial charge < -0.3 is 21.6 Å². The molecular formula is C18H36N4O2. The highest BCUT2D eigenvalue weighted by molar-refractivity contribution is 5.73. The number of aromatic nitrogens is 2. The van der Waals surface area contributed by atoms with Crippen molar-refractivity contribution < 1.29 is 9.90 Å². The van der Waals surface area contributed by atoms with Crippen LogP contribution in [0.1, 0.15) is 76.8 Å². The lowest BCUT2D eigenvalue weighted by atomic mass is 10.1. The maximum Gasteiger partial charge on any atom is 0.320 e. The molecule has 0 aliphatic heterocycles. The Morgan fingerprint density at radius 2 is 1.67 bits per heavy atom. The summed E-state index contributed by atoms with van der Waals surface area (Å²) in [5.41, 5.74) is 11.4. The van der Waals surface area contributed by atoms with Crippen LogP contribution < -0.4 is 11.5 Å². The van der Waals surface area contributed by atoms with Crippen molar-refractivity contribution in [3.8, 4) is 0 Å². The number of rotatable bonds is 13. The van der Waals surface area contributed by atoms with Gasteiger partial charge in [0.1, 0.15) is 6.04 Å². The lowest BCUT2D eigenvalue weighted by Crippen LogP contribution is -2.32. The molecule has 0 fully saturated rings. The summed E-state index contributed by atoms with van der Waals surface area (Å²) in [6.07, 6.45) is 17.3. The van der Waals surface area contributed by atoms with Gasteiger partial charge in [-0.05, 0) is 13.0 Å². The fourth-order valence-electron chi connectivity index (χ4n) is 2.35. The number of nitrogens with zero attached hydrogens (tertiary/aromatic N) is 1. The van der Waals surface area contributed by atoms with Crippen LogP contribution in [0.25, 0.3) is 0 Å². The Hall–Kier alpha value is -1.40. The van der Waals surface area contributed by atoms with Crippen LogP contribution in [0.5, 0.6) is 0 Å². The molecule has 1 atom stereocenters. The molecule has 0 spiro atoms. The smallest absolute Gasteiger partial charge is 0.320 e. The lowest BCUT2D eigenvalue weighted by molar-refractivity contribution is -0.138. The van der Waals surface area contributed by atoms with Crippen LogP contribution in [-0.2, 0) is 11.2 Å². The molecule has 0 saturated carbocycles. The molecule has 0 aliphatic rings. The van der Waals surface area contributed by atoms with E-state index >= 15 is 0 Å². The SMILES string of the molecule is CCCCCCCCCCCCN.N[C@@H](Cc1cnc[nH]1)C(=O)O. The summed E-state index contributed by atoms with van der Waals surface area (Å²) in [6.45, 7) is 3.14. The topological polar surface area (TPSA) is 118 Å². The predicted molar refractivity (Wildman–Crippen MR) is 98.8 cm³/mol. The highest BCUT2D eigenvalue weighted by Gasteiger charge is 2.12. The Balaban J connectivity index is 0.000000446. The third kappa shape index (κ3) is 14.2. The van der Waals surface area contributed by atoms with Crippen molar-refractivity contribution in [3.63, 3.8) is 0 Å². The Bertz CT molecular complexity index is 372. The van der Waals surface area contributed by atoms with E-state index in [1.807, 2.05) is 0 Å². The fourth-order valence-corrected chi connectivity index (χ4v) is 2.35. The second-order valence-corrected chi connectivity index (χ2v) is 6.20. The molecule has 24 heavy (non-hydrogen) atoms. The van der Waals surface area contributed by atoms with Crippen molar-refractivity contribution >= 4 is 5.97 Å². The van der Waals surface area contributed by atoms with Gasteiger partial charge in [0, 0.05) is 18.3 Å². The van der Waals surface area contributed by atoms with Gasteiger partial charge in [-0.15, -0.1) is 0 Å². The third-order valence-electron chi connectivity index (χ3n) is 3.87. The van der Waals surface area contributed by atoms with E-state index in [0.29, 0.717) is 0 Å². The van der Waals surface area contributed by atoms with Gasteiger partial charge in [-0.25, -0.2) is 4.98 Å². The molecule has 0 unspecified atom stereocenters. The number of nitrogens with two attached hydrogens (primary N) is 2. The Morgan fingerprint density at radius 1 is 1.12 bits per heavy atom. The van der Waals surface area contributed by atoms with Crippen molar-refractivity contribution in [1.82, 2.24) is 9.97 Å². The number of aliphatic carboxylic acids is 1. The highest BCUT2D eigenvalue weighted by Crippen LogP contribution is 2.09. The number of carboxylic acids is 1. The Morgan fingerprint density at radius 3 is 2.08 bits per heavy atom. The number of imidazole rings is 1. The molecule has 1 aromatic heterocycles. The molecule has 6 nitrogen and oxygen atoms in total. The molecule has 0 amide bonds. The van der Waals surface area contributed by atoms with Crippen molar-refractivity contribution in [3.05, 3.63) is 18.2 Å². The van der Waals surface area contributed by atoms with E-state index in [9.17, 15) is 4.79 Å². The zero-order chi connectivity index (χ0) is 18.0. The van der Waals surface area contributed by atoms with E-state index in [1.165, 1.54) is 70.5 Å². The Labute approximate surface area is 146 Å². The third-order valence-corrected chi connectivity index (χ3v) is 3.87. The molecule has 0 aliphatic carbocycles. The molecule has 1 aromatic rings. The second kappa shape index (κ2) is 16.5. The first-order valence-electron chi connectivity index (χ1n) is 9.27. The maximum absolute atomic E-state index is 10.3. The molecular weight excluding hydrogens is 304 g/mol. The maximum atomic E-state index is 10.3. The molecule has 0 radical (unpaired) electrons. The summed E-state index contributed by atoms with van der Waals surface area (Å²) in [4.78, 5) is 16.8. The summed E-state index contributed by atoms with van der Waals surface area (Å²) in [6, 6.07) is -0.851. The van der Waals surface area contributed by atoms with Crippen LogP contribution in [0, 0.1) is 0 Å². The average Bonchev–Trinajstić information content (AvgIpc) is 3.07. The van der Waals surface area contributed by atoms with Gasteiger partial charge in [-0.3, -0.25) is 4.79 Å². The monoisotopic (exact) mass is 340 g/mol. The molecule has 0 bridgehead atoms. The molecule has 140 valence electrons.